The Morgan fingerprint density at radius 1 is 1.20 bits per heavy atom. The minimum Gasteiger partial charge on any atom is -0.483 e. The molecule has 0 saturated heterocycles. The van der Waals surface area contributed by atoms with Crippen LogP contribution in [0.2, 0.25) is 0 Å². The van der Waals surface area contributed by atoms with Crippen molar-refractivity contribution in [3.63, 3.8) is 0 Å². The molecule has 2 aromatic rings. The Kier molecular flexibility index (Phi) is 4.90. The van der Waals surface area contributed by atoms with Gasteiger partial charge in [0.2, 0.25) is 0 Å². The maximum absolute atomic E-state index is 13.4. The Labute approximate surface area is 116 Å². The summed E-state index contributed by atoms with van der Waals surface area (Å²) in [5.41, 5.74) is 0.120. The first-order valence-electron chi connectivity index (χ1n) is 6.39. The van der Waals surface area contributed by atoms with Crippen LogP contribution in [-0.2, 0) is 13.2 Å². The van der Waals surface area contributed by atoms with E-state index in [1.54, 1.807) is 36.5 Å². The predicted molar refractivity (Wildman–Crippen MR) is 73.1 cm³/mol. The van der Waals surface area contributed by atoms with Crippen molar-refractivity contribution in [1.82, 2.24) is 4.57 Å². The number of aliphatic hydroxyl groups is 1. The number of rotatable bonds is 6. The van der Waals surface area contributed by atoms with Gasteiger partial charge in [0.25, 0.3) is 5.56 Å². The number of benzene rings is 1. The molecular formula is C15H16FNO3. The van der Waals surface area contributed by atoms with Crippen LogP contribution < -0.4 is 10.3 Å². The zero-order valence-electron chi connectivity index (χ0n) is 11.0. The fraction of sp³-hybridized carbons (Fsp3) is 0.267. The quantitative estimate of drug-likeness (QED) is 0.878. The van der Waals surface area contributed by atoms with E-state index in [-0.39, 0.29) is 30.3 Å². The SMILES string of the molecule is O=c1c(OCc2ccccc2F)cccn1CCCO. The van der Waals surface area contributed by atoms with Crippen LogP contribution >= 0.6 is 0 Å². The topological polar surface area (TPSA) is 51.5 Å². The summed E-state index contributed by atoms with van der Waals surface area (Å²) >= 11 is 0. The van der Waals surface area contributed by atoms with E-state index in [1.165, 1.54) is 10.6 Å². The van der Waals surface area contributed by atoms with E-state index in [0.29, 0.717) is 18.5 Å². The van der Waals surface area contributed by atoms with Gasteiger partial charge in [0, 0.05) is 24.9 Å². The third-order valence-electron chi connectivity index (χ3n) is 2.88. The van der Waals surface area contributed by atoms with Gasteiger partial charge in [-0.25, -0.2) is 4.39 Å². The zero-order valence-corrected chi connectivity index (χ0v) is 11.0. The van der Waals surface area contributed by atoms with Crippen LogP contribution in [0.15, 0.2) is 47.4 Å². The second-order valence-electron chi connectivity index (χ2n) is 4.33. The van der Waals surface area contributed by atoms with Gasteiger partial charge in [0.15, 0.2) is 5.75 Å². The number of pyridine rings is 1. The second kappa shape index (κ2) is 6.86. The number of aromatic nitrogens is 1. The number of hydrogen-bond donors (Lipinski definition) is 1. The molecular weight excluding hydrogens is 261 g/mol. The Bertz CT molecular complexity index is 625. The van der Waals surface area contributed by atoms with E-state index >= 15 is 0 Å². The van der Waals surface area contributed by atoms with Gasteiger partial charge in [-0.3, -0.25) is 4.79 Å². The van der Waals surface area contributed by atoms with Crippen molar-refractivity contribution in [2.75, 3.05) is 6.61 Å². The molecule has 2 rings (SSSR count). The summed E-state index contributed by atoms with van der Waals surface area (Å²) in [5, 5.41) is 8.78. The minimum atomic E-state index is -0.357. The summed E-state index contributed by atoms with van der Waals surface area (Å²) < 4.78 is 20.3. The van der Waals surface area contributed by atoms with Gasteiger partial charge >= 0.3 is 0 Å². The lowest BCUT2D eigenvalue weighted by Gasteiger charge is -2.09. The van der Waals surface area contributed by atoms with Gasteiger partial charge in [-0.15, -0.1) is 0 Å². The molecule has 4 nitrogen and oxygen atoms in total. The van der Waals surface area contributed by atoms with E-state index in [0.717, 1.165) is 0 Å². The molecule has 5 heteroatoms. The summed E-state index contributed by atoms with van der Waals surface area (Å²) in [6, 6.07) is 9.52. The Hall–Kier alpha value is -2.14. The van der Waals surface area contributed by atoms with Crippen molar-refractivity contribution in [1.29, 1.82) is 0 Å². The van der Waals surface area contributed by atoms with Gasteiger partial charge < -0.3 is 14.4 Å². The Morgan fingerprint density at radius 2 is 2.00 bits per heavy atom. The number of hydrogen-bond acceptors (Lipinski definition) is 3. The first-order valence-corrected chi connectivity index (χ1v) is 6.39. The molecule has 0 aliphatic rings. The molecule has 20 heavy (non-hydrogen) atoms. The zero-order chi connectivity index (χ0) is 14.4. The van der Waals surface area contributed by atoms with Crippen molar-refractivity contribution >= 4 is 0 Å². The first-order chi connectivity index (χ1) is 9.72. The summed E-state index contributed by atoms with van der Waals surface area (Å²) in [7, 11) is 0. The number of ether oxygens (including phenoxy) is 1. The number of aliphatic hydroxyl groups excluding tert-OH is 1. The molecule has 0 bridgehead atoms. The highest BCUT2D eigenvalue weighted by molar-refractivity contribution is 5.20. The first kappa shape index (κ1) is 14.3. The van der Waals surface area contributed by atoms with Crippen molar-refractivity contribution in [3.8, 4) is 5.75 Å². The molecule has 0 amide bonds. The van der Waals surface area contributed by atoms with Crippen LogP contribution in [0.25, 0.3) is 0 Å². The fourth-order valence-corrected chi connectivity index (χ4v) is 1.81. The lowest BCUT2D eigenvalue weighted by atomic mass is 10.2. The molecule has 106 valence electrons. The molecule has 1 aromatic carbocycles. The van der Waals surface area contributed by atoms with E-state index in [2.05, 4.69) is 0 Å². The van der Waals surface area contributed by atoms with E-state index in [4.69, 9.17) is 9.84 Å². The largest absolute Gasteiger partial charge is 0.483 e. The summed E-state index contributed by atoms with van der Waals surface area (Å²) in [5.74, 6) is -0.183. The van der Waals surface area contributed by atoms with Crippen LogP contribution in [0.1, 0.15) is 12.0 Å². The molecule has 0 atom stereocenters. The minimum absolute atomic E-state index is 0.00588. The highest BCUT2D eigenvalue weighted by atomic mass is 19.1. The molecule has 1 heterocycles. The average Bonchev–Trinajstić information content (AvgIpc) is 2.46. The molecule has 0 fully saturated rings. The molecule has 0 aliphatic carbocycles. The summed E-state index contributed by atoms with van der Waals surface area (Å²) in [6.07, 6.45) is 2.13. The van der Waals surface area contributed by atoms with Gasteiger partial charge in [-0.05, 0) is 24.6 Å². The smallest absolute Gasteiger partial charge is 0.292 e. The molecule has 0 unspecified atom stereocenters. The van der Waals surface area contributed by atoms with Crippen LogP contribution in [0.4, 0.5) is 4.39 Å². The average molecular weight is 277 g/mol. The second-order valence-corrected chi connectivity index (χ2v) is 4.33. The third kappa shape index (κ3) is 3.45. The van der Waals surface area contributed by atoms with Crippen molar-refractivity contribution in [3.05, 3.63) is 64.3 Å². The normalized spacial score (nSPS) is 10.5. The van der Waals surface area contributed by atoms with Crippen LogP contribution in [0.5, 0.6) is 5.75 Å². The van der Waals surface area contributed by atoms with Crippen LogP contribution in [0.3, 0.4) is 0 Å². The monoisotopic (exact) mass is 277 g/mol. The van der Waals surface area contributed by atoms with Crippen molar-refractivity contribution in [2.45, 2.75) is 19.6 Å². The molecule has 1 aromatic heterocycles. The molecule has 0 spiro atoms. The van der Waals surface area contributed by atoms with Crippen LogP contribution in [-0.4, -0.2) is 16.3 Å². The highest BCUT2D eigenvalue weighted by Crippen LogP contribution is 2.10. The molecule has 0 aliphatic heterocycles. The summed E-state index contributed by atoms with van der Waals surface area (Å²) in [4.78, 5) is 12.0. The third-order valence-corrected chi connectivity index (χ3v) is 2.88. The number of halogens is 1. The lowest BCUT2D eigenvalue weighted by Crippen LogP contribution is -2.21. The van der Waals surface area contributed by atoms with Gasteiger partial charge in [0.05, 0.1) is 0 Å². The van der Waals surface area contributed by atoms with Gasteiger partial charge in [0.1, 0.15) is 12.4 Å². The van der Waals surface area contributed by atoms with Crippen molar-refractivity contribution < 1.29 is 14.2 Å². The standard InChI is InChI=1S/C15H16FNO3/c16-13-6-2-1-5-12(13)11-20-14-7-3-8-17(15(14)19)9-4-10-18/h1-3,5-8,18H,4,9-11H2. The van der Waals surface area contributed by atoms with E-state index in [1.807, 2.05) is 0 Å². The Balaban J connectivity index is 2.10. The fourth-order valence-electron chi connectivity index (χ4n) is 1.81. The van der Waals surface area contributed by atoms with Crippen LogP contribution in [0, 0.1) is 5.82 Å². The molecule has 0 saturated carbocycles. The van der Waals surface area contributed by atoms with E-state index in [9.17, 15) is 9.18 Å². The number of aryl methyl sites for hydroxylation is 1. The maximum atomic E-state index is 13.4. The molecule has 1 N–H and O–H groups in total. The summed E-state index contributed by atoms with van der Waals surface area (Å²) in [6.45, 7) is 0.449. The molecule has 0 radical (unpaired) electrons. The maximum Gasteiger partial charge on any atom is 0.292 e. The Morgan fingerprint density at radius 3 is 2.75 bits per heavy atom. The number of nitrogens with zero attached hydrogens (tertiary/aromatic N) is 1. The van der Waals surface area contributed by atoms with Gasteiger partial charge in [-0.1, -0.05) is 18.2 Å². The van der Waals surface area contributed by atoms with Crippen molar-refractivity contribution in [2.24, 2.45) is 0 Å². The highest BCUT2D eigenvalue weighted by Gasteiger charge is 2.06. The van der Waals surface area contributed by atoms with Gasteiger partial charge in [-0.2, -0.15) is 0 Å². The van der Waals surface area contributed by atoms with E-state index < -0.39 is 0 Å². The predicted octanol–water partition coefficient (Wildman–Crippen LogP) is 1.95. The lowest BCUT2D eigenvalue weighted by molar-refractivity contribution is 0.274.